The lowest BCUT2D eigenvalue weighted by atomic mass is 9.99. The fourth-order valence-corrected chi connectivity index (χ4v) is 2.05. The molecular formula is C13H16N2. The Kier molecular flexibility index (Phi) is 3.39. The minimum Gasteiger partial charge on any atom is -0.313 e. The van der Waals surface area contributed by atoms with Crippen LogP contribution in [-0.2, 0) is 6.54 Å². The molecule has 1 aromatic carbocycles. The summed E-state index contributed by atoms with van der Waals surface area (Å²) in [6, 6.07) is 8.94. The van der Waals surface area contributed by atoms with Crippen LogP contribution < -0.4 is 10.6 Å². The van der Waals surface area contributed by atoms with Gasteiger partial charge in [0.15, 0.2) is 0 Å². The second-order valence-electron chi connectivity index (χ2n) is 3.80. The van der Waals surface area contributed by atoms with E-state index >= 15 is 0 Å². The molecule has 1 heterocycles. The van der Waals surface area contributed by atoms with Gasteiger partial charge in [0.05, 0.1) is 6.54 Å². The zero-order valence-corrected chi connectivity index (χ0v) is 8.79. The first-order chi connectivity index (χ1) is 7.42. The van der Waals surface area contributed by atoms with E-state index in [1.807, 2.05) is 0 Å². The molecule has 0 saturated heterocycles. The molecule has 2 nitrogen and oxygen atoms in total. The molecule has 0 radical (unpaired) electrons. The molecular weight excluding hydrogens is 184 g/mol. The zero-order chi connectivity index (χ0) is 10.5. The molecule has 0 fully saturated rings. The topological polar surface area (TPSA) is 24.1 Å². The highest BCUT2D eigenvalue weighted by molar-refractivity contribution is 5.31. The van der Waals surface area contributed by atoms with Crippen LogP contribution in [0.25, 0.3) is 0 Å². The van der Waals surface area contributed by atoms with Crippen LogP contribution in [0.15, 0.2) is 24.3 Å². The van der Waals surface area contributed by atoms with Crippen LogP contribution in [-0.4, -0.2) is 13.1 Å². The Labute approximate surface area is 91.1 Å². The first-order valence-electron chi connectivity index (χ1n) is 5.37. The Morgan fingerprint density at radius 1 is 1.47 bits per heavy atom. The normalized spacial score (nSPS) is 20.1. The van der Waals surface area contributed by atoms with Gasteiger partial charge in [0, 0.05) is 12.6 Å². The van der Waals surface area contributed by atoms with Gasteiger partial charge in [0.2, 0.25) is 0 Å². The molecule has 0 amide bonds. The number of hydrogen-bond donors (Lipinski definition) is 2. The molecule has 0 bridgehead atoms. The molecule has 0 saturated carbocycles. The Morgan fingerprint density at radius 3 is 3.20 bits per heavy atom. The van der Waals surface area contributed by atoms with Crippen LogP contribution in [0.1, 0.15) is 23.6 Å². The van der Waals surface area contributed by atoms with E-state index in [0.29, 0.717) is 12.6 Å². The maximum atomic E-state index is 5.28. The van der Waals surface area contributed by atoms with Gasteiger partial charge in [-0.1, -0.05) is 30.2 Å². The van der Waals surface area contributed by atoms with Crippen molar-refractivity contribution in [1.29, 1.82) is 0 Å². The van der Waals surface area contributed by atoms with Crippen molar-refractivity contribution in [2.24, 2.45) is 0 Å². The lowest BCUT2D eigenvalue weighted by Crippen LogP contribution is -2.23. The summed E-state index contributed by atoms with van der Waals surface area (Å²) in [6.07, 6.45) is 6.37. The molecule has 2 N–H and O–H groups in total. The van der Waals surface area contributed by atoms with Gasteiger partial charge in [-0.3, -0.25) is 5.32 Å². The van der Waals surface area contributed by atoms with E-state index in [2.05, 4.69) is 40.8 Å². The smallest absolute Gasteiger partial charge is 0.0578 e. The molecule has 1 aliphatic heterocycles. The minimum absolute atomic E-state index is 0.396. The first-order valence-corrected chi connectivity index (χ1v) is 5.37. The summed E-state index contributed by atoms with van der Waals surface area (Å²) in [6.45, 7) is 2.64. The van der Waals surface area contributed by atoms with Crippen LogP contribution >= 0.6 is 0 Å². The molecule has 2 heteroatoms. The summed E-state index contributed by atoms with van der Waals surface area (Å²) in [4.78, 5) is 0. The van der Waals surface area contributed by atoms with Gasteiger partial charge < -0.3 is 5.32 Å². The Balaban J connectivity index is 2.21. The Morgan fingerprint density at radius 2 is 2.33 bits per heavy atom. The fourth-order valence-electron chi connectivity index (χ4n) is 2.05. The van der Waals surface area contributed by atoms with Crippen LogP contribution in [0.4, 0.5) is 0 Å². The van der Waals surface area contributed by atoms with Crippen molar-refractivity contribution < 1.29 is 0 Å². The summed E-state index contributed by atoms with van der Waals surface area (Å²) in [7, 11) is 0. The summed E-state index contributed by atoms with van der Waals surface area (Å²) >= 11 is 0. The summed E-state index contributed by atoms with van der Waals surface area (Å²) in [5.74, 6) is 2.63. The van der Waals surface area contributed by atoms with Gasteiger partial charge in [-0.25, -0.2) is 0 Å². The van der Waals surface area contributed by atoms with Crippen molar-refractivity contribution in [1.82, 2.24) is 10.6 Å². The first kappa shape index (κ1) is 10.2. The monoisotopic (exact) mass is 200 g/mol. The van der Waals surface area contributed by atoms with Crippen LogP contribution in [0.5, 0.6) is 0 Å². The third-order valence-electron chi connectivity index (χ3n) is 2.81. The molecule has 2 rings (SSSR count). The predicted molar refractivity (Wildman–Crippen MR) is 62.3 cm³/mol. The second kappa shape index (κ2) is 4.97. The van der Waals surface area contributed by atoms with Crippen LogP contribution in [0.2, 0.25) is 0 Å². The number of rotatable bonds is 2. The Hall–Kier alpha value is -1.30. The number of nitrogens with one attached hydrogen (secondary N) is 2. The fraction of sp³-hybridized carbons (Fsp3) is 0.385. The third kappa shape index (κ3) is 2.38. The van der Waals surface area contributed by atoms with Crippen molar-refractivity contribution in [2.75, 3.05) is 13.1 Å². The molecule has 0 aliphatic carbocycles. The number of hydrogen-bond acceptors (Lipinski definition) is 2. The number of terminal acetylenes is 1. The van der Waals surface area contributed by atoms with Gasteiger partial charge in [0.1, 0.15) is 0 Å². The van der Waals surface area contributed by atoms with Crippen molar-refractivity contribution in [3.05, 3.63) is 35.4 Å². The number of fused-ring (bicyclic) bond motifs is 1. The van der Waals surface area contributed by atoms with E-state index in [1.54, 1.807) is 0 Å². The lowest BCUT2D eigenvalue weighted by Gasteiger charge is -2.17. The number of benzene rings is 1. The molecule has 1 unspecified atom stereocenters. The standard InChI is InChI=1S/C13H16N2/c1-2-8-15-13-7-9-14-10-11-5-3-4-6-12(11)13/h1,3-6,13-15H,7-10H2. The summed E-state index contributed by atoms with van der Waals surface area (Å²) in [5.41, 5.74) is 2.77. The molecule has 1 atom stereocenters. The van der Waals surface area contributed by atoms with Gasteiger partial charge >= 0.3 is 0 Å². The van der Waals surface area contributed by atoms with Crippen molar-refractivity contribution in [3.63, 3.8) is 0 Å². The third-order valence-corrected chi connectivity index (χ3v) is 2.81. The summed E-state index contributed by atoms with van der Waals surface area (Å²) in [5, 5.41) is 6.81. The minimum atomic E-state index is 0.396. The van der Waals surface area contributed by atoms with E-state index in [0.717, 1.165) is 19.5 Å². The molecule has 15 heavy (non-hydrogen) atoms. The average molecular weight is 200 g/mol. The van der Waals surface area contributed by atoms with E-state index in [1.165, 1.54) is 11.1 Å². The Bertz CT molecular complexity index is 365. The quantitative estimate of drug-likeness (QED) is 0.706. The SMILES string of the molecule is C#CCNC1CCNCc2ccccc21. The molecule has 0 spiro atoms. The van der Waals surface area contributed by atoms with E-state index in [-0.39, 0.29) is 0 Å². The maximum Gasteiger partial charge on any atom is 0.0578 e. The molecule has 0 aromatic heterocycles. The van der Waals surface area contributed by atoms with Crippen LogP contribution in [0.3, 0.4) is 0 Å². The summed E-state index contributed by atoms with van der Waals surface area (Å²) < 4.78 is 0. The molecule has 78 valence electrons. The van der Waals surface area contributed by atoms with Crippen molar-refractivity contribution in [2.45, 2.75) is 19.0 Å². The largest absolute Gasteiger partial charge is 0.313 e. The van der Waals surface area contributed by atoms with Gasteiger partial charge in [-0.15, -0.1) is 6.42 Å². The van der Waals surface area contributed by atoms with Gasteiger partial charge in [-0.2, -0.15) is 0 Å². The van der Waals surface area contributed by atoms with E-state index < -0.39 is 0 Å². The average Bonchev–Trinajstić information content (AvgIpc) is 2.49. The van der Waals surface area contributed by atoms with Gasteiger partial charge in [-0.05, 0) is 24.1 Å². The van der Waals surface area contributed by atoms with E-state index in [9.17, 15) is 0 Å². The van der Waals surface area contributed by atoms with Crippen molar-refractivity contribution >= 4 is 0 Å². The highest BCUT2D eigenvalue weighted by atomic mass is 14.9. The molecule has 1 aromatic rings. The predicted octanol–water partition coefficient (Wildman–Crippen LogP) is 1.44. The lowest BCUT2D eigenvalue weighted by molar-refractivity contribution is 0.524. The molecule has 1 aliphatic rings. The van der Waals surface area contributed by atoms with Gasteiger partial charge in [0.25, 0.3) is 0 Å². The van der Waals surface area contributed by atoms with E-state index in [4.69, 9.17) is 6.42 Å². The second-order valence-corrected chi connectivity index (χ2v) is 3.80. The highest BCUT2D eigenvalue weighted by Gasteiger charge is 2.16. The highest BCUT2D eigenvalue weighted by Crippen LogP contribution is 2.22. The maximum absolute atomic E-state index is 5.28. The van der Waals surface area contributed by atoms with Crippen molar-refractivity contribution in [3.8, 4) is 12.3 Å². The zero-order valence-electron chi connectivity index (χ0n) is 8.79. The van der Waals surface area contributed by atoms with Crippen LogP contribution in [0, 0.1) is 12.3 Å².